The van der Waals surface area contributed by atoms with E-state index in [9.17, 15) is 4.79 Å². The smallest absolute Gasteiger partial charge is 0.255 e. The first-order chi connectivity index (χ1) is 9.10. The number of ether oxygens (including phenoxy) is 1. The number of rotatable bonds is 3. The first-order valence-electron chi connectivity index (χ1n) is 5.46. The van der Waals surface area contributed by atoms with Gasteiger partial charge in [-0.3, -0.25) is 4.79 Å². The molecule has 0 aliphatic heterocycles. The lowest BCUT2D eigenvalue weighted by atomic mass is 10.1. The van der Waals surface area contributed by atoms with E-state index in [2.05, 4.69) is 26.2 Å². The summed E-state index contributed by atoms with van der Waals surface area (Å²) in [5.41, 5.74) is 7.25. The summed E-state index contributed by atoms with van der Waals surface area (Å²) in [6.45, 7) is 0. The summed E-state index contributed by atoms with van der Waals surface area (Å²) in [4.78, 5) is 16.0. The lowest BCUT2D eigenvalue weighted by molar-refractivity contribution is 0.102. The van der Waals surface area contributed by atoms with Crippen molar-refractivity contribution in [2.45, 2.75) is 0 Å². The molecule has 1 aromatic heterocycles. The number of halogens is 1. The molecule has 0 aliphatic carbocycles. The van der Waals surface area contributed by atoms with Gasteiger partial charge in [0.2, 0.25) is 0 Å². The number of carbonyl (C=O) groups excluding carboxylic acids is 1. The van der Waals surface area contributed by atoms with Crippen LogP contribution in [0, 0.1) is 0 Å². The van der Waals surface area contributed by atoms with E-state index in [1.54, 1.807) is 36.5 Å². The van der Waals surface area contributed by atoms with E-state index >= 15 is 0 Å². The first-order valence-corrected chi connectivity index (χ1v) is 6.26. The maximum Gasteiger partial charge on any atom is 0.255 e. The van der Waals surface area contributed by atoms with Gasteiger partial charge in [-0.1, -0.05) is 0 Å². The van der Waals surface area contributed by atoms with Crippen LogP contribution in [0.3, 0.4) is 0 Å². The molecule has 3 N–H and O–H groups in total. The maximum atomic E-state index is 12.0. The highest BCUT2D eigenvalue weighted by Gasteiger charge is 2.09. The van der Waals surface area contributed by atoms with E-state index in [1.165, 1.54) is 7.11 Å². The summed E-state index contributed by atoms with van der Waals surface area (Å²) in [7, 11) is 1.53. The second kappa shape index (κ2) is 5.71. The van der Waals surface area contributed by atoms with Crippen LogP contribution in [-0.4, -0.2) is 18.0 Å². The molecule has 1 aromatic carbocycles. The van der Waals surface area contributed by atoms with E-state index in [4.69, 9.17) is 10.5 Å². The topological polar surface area (TPSA) is 77.2 Å². The summed E-state index contributed by atoms with van der Waals surface area (Å²) in [5.74, 6) is 0.292. The normalized spacial score (nSPS) is 10.0. The van der Waals surface area contributed by atoms with Crippen LogP contribution in [0.4, 0.5) is 11.4 Å². The molecule has 0 fully saturated rings. The Hall–Kier alpha value is -2.08. The number of carbonyl (C=O) groups is 1. The van der Waals surface area contributed by atoms with Crippen molar-refractivity contribution in [1.29, 1.82) is 0 Å². The van der Waals surface area contributed by atoms with Gasteiger partial charge in [0.25, 0.3) is 5.91 Å². The molecule has 0 bridgehead atoms. The second-order valence-corrected chi connectivity index (χ2v) is 4.59. The number of nitrogen functional groups attached to an aromatic ring is 1. The molecule has 19 heavy (non-hydrogen) atoms. The lowest BCUT2D eigenvalue weighted by Gasteiger charge is -2.08. The van der Waals surface area contributed by atoms with E-state index in [0.717, 1.165) is 0 Å². The van der Waals surface area contributed by atoms with Crippen molar-refractivity contribution in [3.8, 4) is 5.75 Å². The minimum atomic E-state index is -0.251. The summed E-state index contributed by atoms with van der Waals surface area (Å²) >= 11 is 3.23. The highest BCUT2D eigenvalue weighted by atomic mass is 79.9. The second-order valence-electron chi connectivity index (χ2n) is 3.78. The average Bonchev–Trinajstić information content (AvgIpc) is 2.41. The summed E-state index contributed by atoms with van der Waals surface area (Å²) in [6.07, 6.45) is 1.56. The van der Waals surface area contributed by atoms with Gasteiger partial charge in [-0.05, 0) is 46.3 Å². The quantitative estimate of drug-likeness (QED) is 0.673. The molecular formula is C13H12BrN3O2. The number of hydrogen-bond donors (Lipinski definition) is 2. The number of pyridine rings is 1. The van der Waals surface area contributed by atoms with Gasteiger partial charge in [0, 0.05) is 5.56 Å². The number of nitrogens with two attached hydrogens (primary N) is 1. The zero-order chi connectivity index (χ0) is 13.8. The van der Waals surface area contributed by atoms with Crippen LogP contribution in [0.1, 0.15) is 10.4 Å². The Balaban J connectivity index is 2.16. The number of amides is 1. The van der Waals surface area contributed by atoms with Crippen LogP contribution < -0.4 is 15.8 Å². The number of nitrogens with zero attached hydrogens (tertiary/aromatic N) is 1. The van der Waals surface area contributed by atoms with Gasteiger partial charge in [0.1, 0.15) is 10.4 Å². The van der Waals surface area contributed by atoms with E-state index in [1.807, 2.05) is 0 Å². The van der Waals surface area contributed by atoms with E-state index in [-0.39, 0.29) is 5.91 Å². The molecule has 1 amide bonds. The lowest BCUT2D eigenvalue weighted by Crippen LogP contribution is -2.12. The molecule has 2 aromatic rings. The largest absolute Gasteiger partial charge is 0.495 e. The number of anilines is 2. The molecule has 0 saturated carbocycles. The minimum Gasteiger partial charge on any atom is -0.495 e. The zero-order valence-corrected chi connectivity index (χ0v) is 11.8. The molecule has 98 valence electrons. The van der Waals surface area contributed by atoms with Crippen molar-refractivity contribution in [2.24, 2.45) is 0 Å². The van der Waals surface area contributed by atoms with Crippen LogP contribution in [0.2, 0.25) is 0 Å². The van der Waals surface area contributed by atoms with Crippen molar-refractivity contribution < 1.29 is 9.53 Å². The highest BCUT2D eigenvalue weighted by Crippen LogP contribution is 2.22. The van der Waals surface area contributed by atoms with Crippen molar-refractivity contribution in [3.05, 3.63) is 46.7 Å². The summed E-state index contributed by atoms with van der Waals surface area (Å²) in [5, 5.41) is 2.73. The first kappa shape index (κ1) is 13.4. The monoisotopic (exact) mass is 321 g/mol. The number of hydrogen-bond acceptors (Lipinski definition) is 4. The fraction of sp³-hybridized carbons (Fsp3) is 0.0769. The molecule has 0 saturated heterocycles. The molecule has 2 rings (SSSR count). The van der Waals surface area contributed by atoms with Gasteiger partial charge in [0.05, 0.1) is 24.7 Å². The molecular weight excluding hydrogens is 310 g/mol. The van der Waals surface area contributed by atoms with Crippen molar-refractivity contribution in [2.75, 3.05) is 18.2 Å². The third-order valence-electron chi connectivity index (χ3n) is 2.48. The fourth-order valence-electron chi connectivity index (χ4n) is 1.53. The van der Waals surface area contributed by atoms with Gasteiger partial charge < -0.3 is 15.8 Å². The van der Waals surface area contributed by atoms with Crippen LogP contribution in [0.5, 0.6) is 5.75 Å². The molecule has 1 heterocycles. The van der Waals surface area contributed by atoms with Gasteiger partial charge >= 0.3 is 0 Å². The fourth-order valence-corrected chi connectivity index (χ4v) is 1.76. The zero-order valence-electron chi connectivity index (χ0n) is 10.2. The molecule has 0 aliphatic rings. The van der Waals surface area contributed by atoms with E-state index in [0.29, 0.717) is 27.3 Å². The Morgan fingerprint density at radius 1 is 1.37 bits per heavy atom. The van der Waals surface area contributed by atoms with Gasteiger partial charge in [-0.2, -0.15) is 0 Å². The van der Waals surface area contributed by atoms with Crippen LogP contribution in [0.15, 0.2) is 41.1 Å². The Bertz CT molecular complexity index is 599. The average molecular weight is 322 g/mol. The van der Waals surface area contributed by atoms with Crippen LogP contribution >= 0.6 is 15.9 Å². The highest BCUT2D eigenvalue weighted by molar-refractivity contribution is 9.10. The Morgan fingerprint density at radius 3 is 2.74 bits per heavy atom. The number of methoxy groups -OCH3 is 1. The molecule has 0 atom stereocenters. The maximum absolute atomic E-state index is 12.0. The molecule has 0 unspecified atom stereocenters. The Labute approximate surface area is 118 Å². The molecule has 5 nitrogen and oxygen atoms in total. The number of aromatic nitrogens is 1. The summed E-state index contributed by atoms with van der Waals surface area (Å²) in [6, 6.07) is 8.38. The predicted octanol–water partition coefficient (Wildman–Crippen LogP) is 2.69. The van der Waals surface area contributed by atoms with Gasteiger partial charge in [-0.15, -0.1) is 0 Å². The Morgan fingerprint density at radius 2 is 2.16 bits per heavy atom. The number of nitrogens with one attached hydrogen (secondary N) is 1. The number of benzene rings is 1. The van der Waals surface area contributed by atoms with Crippen molar-refractivity contribution in [3.63, 3.8) is 0 Å². The van der Waals surface area contributed by atoms with Gasteiger partial charge in [-0.25, -0.2) is 4.98 Å². The third-order valence-corrected chi connectivity index (χ3v) is 2.95. The van der Waals surface area contributed by atoms with Crippen LogP contribution in [0.25, 0.3) is 0 Å². The SMILES string of the molecule is COc1ccc(C(=O)Nc2ccc(Br)nc2)cc1N. The van der Waals surface area contributed by atoms with Gasteiger partial charge in [0.15, 0.2) is 0 Å². The standard InChI is InChI=1S/C13H12BrN3O2/c1-19-11-4-2-8(6-10(11)15)13(18)17-9-3-5-12(14)16-7-9/h2-7H,15H2,1H3,(H,17,18). The predicted molar refractivity (Wildman–Crippen MR) is 77.3 cm³/mol. The minimum absolute atomic E-state index is 0.251. The van der Waals surface area contributed by atoms with Crippen LogP contribution in [-0.2, 0) is 0 Å². The molecule has 6 heteroatoms. The van der Waals surface area contributed by atoms with Crippen molar-refractivity contribution in [1.82, 2.24) is 4.98 Å². The van der Waals surface area contributed by atoms with Crippen molar-refractivity contribution >= 4 is 33.2 Å². The summed E-state index contributed by atoms with van der Waals surface area (Å²) < 4.78 is 5.75. The third kappa shape index (κ3) is 3.23. The Kier molecular flexibility index (Phi) is 4.01. The van der Waals surface area contributed by atoms with E-state index < -0.39 is 0 Å². The molecule has 0 radical (unpaired) electrons. The molecule has 0 spiro atoms.